The van der Waals surface area contributed by atoms with Gasteiger partial charge in [-0.2, -0.15) is 4.98 Å². The maximum absolute atomic E-state index is 12.5. The number of thioether (sulfide) groups is 1. The molecule has 9 heteroatoms. The van der Waals surface area contributed by atoms with Crippen LogP contribution in [0, 0.1) is 6.92 Å². The summed E-state index contributed by atoms with van der Waals surface area (Å²) in [5, 5.41) is 13.2. The molecule has 0 aliphatic rings. The first-order valence-corrected chi connectivity index (χ1v) is 10.2. The lowest BCUT2D eigenvalue weighted by molar-refractivity contribution is -0.127. The van der Waals surface area contributed by atoms with E-state index >= 15 is 0 Å². The normalized spacial score (nSPS) is 11.0. The molecule has 0 spiro atoms. The number of aryl methyl sites for hydroxylation is 2. The molecule has 0 saturated carbocycles. The maximum atomic E-state index is 12.5. The minimum atomic E-state index is -0.0380. The van der Waals surface area contributed by atoms with Crippen LogP contribution in [0.5, 0.6) is 0 Å². The highest BCUT2D eigenvalue weighted by molar-refractivity contribution is 7.99. The van der Waals surface area contributed by atoms with Crippen molar-refractivity contribution in [2.45, 2.75) is 45.4 Å². The summed E-state index contributed by atoms with van der Waals surface area (Å²) in [6, 6.07) is 8.16. The topological polar surface area (TPSA) is 89.9 Å². The summed E-state index contributed by atoms with van der Waals surface area (Å²) in [5.74, 6) is 2.12. The average Bonchev–Trinajstić information content (AvgIpc) is 3.32. The van der Waals surface area contributed by atoms with E-state index in [0.717, 1.165) is 23.1 Å². The monoisotopic (exact) mass is 400 g/mol. The second-order valence-electron chi connectivity index (χ2n) is 6.42. The largest absolute Gasteiger partial charge is 0.337 e. The van der Waals surface area contributed by atoms with Gasteiger partial charge in [-0.25, -0.2) is 0 Å². The summed E-state index contributed by atoms with van der Waals surface area (Å²) in [6.07, 6.45) is 0.701. The Hall–Kier alpha value is -2.68. The molecule has 8 nitrogen and oxygen atoms in total. The van der Waals surface area contributed by atoms with E-state index in [2.05, 4.69) is 26.4 Å². The molecule has 0 saturated heterocycles. The highest BCUT2D eigenvalue weighted by Crippen LogP contribution is 2.24. The molecule has 0 fully saturated rings. The lowest BCUT2D eigenvalue weighted by atomic mass is 10.1. The summed E-state index contributed by atoms with van der Waals surface area (Å²) >= 11 is 1.38. The Balaban J connectivity index is 1.64. The smallest absolute Gasteiger partial charge is 0.246 e. The highest BCUT2D eigenvalue weighted by atomic mass is 32.2. The third kappa shape index (κ3) is 4.59. The molecular weight excluding hydrogens is 376 g/mol. The average molecular weight is 401 g/mol. The second kappa shape index (κ2) is 9.01. The van der Waals surface area contributed by atoms with Crippen molar-refractivity contribution in [1.29, 1.82) is 0 Å². The molecule has 1 amide bonds. The van der Waals surface area contributed by atoms with Gasteiger partial charge in [0.2, 0.25) is 11.8 Å². The van der Waals surface area contributed by atoms with Crippen molar-refractivity contribution < 1.29 is 9.32 Å². The van der Waals surface area contributed by atoms with E-state index in [-0.39, 0.29) is 11.7 Å². The first kappa shape index (κ1) is 20.1. The van der Waals surface area contributed by atoms with Gasteiger partial charge in [0, 0.05) is 25.6 Å². The fourth-order valence-corrected chi connectivity index (χ4v) is 3.65. The van der Waals surface area contributed by atoms with Gasteiger partial charge in [0.15, 0.2) is 16.8 Å². The zero-order chi connectivity index (χ0) is 20.1. The van der Waals surface area contributed by atoms with Gasteiger partial charge in [0.25, 0.3) is 0 Å². The van der Waals surface area contributed by atoms with Crippen molar-refractivity contribution in [3.05, 3.63) is 41.5 Å². The van der Waals surface area contributed by atoms with Gasteiger partial charge in [-0.1, -0.05) is 47.6 Å². The minimum Gasteiger partial charge on any atom is -0.337 e. The predicted octanol–water partition coefficient (Wildman–Crippen LogP) is 2.97. The number of hydrogen-bond acceptors (Lipinski definition) is 7. The summed E-state index contributed by atoms with van der Waals surface area (Å²) < 4.78 is 7.18. The van der Waals surface area contributed by atoms with Gasteiger partial charge < -0.3 is 14.0 Å². The molecule has 0 radical (unpaired) electrons. The Labute approximate surface area is 168 Å². The van der Waals surface area contributed by atoms with Crippen LogP contribution in [-0.4, -0.2) is 48.5 Å². The van der Waals surface area contributed by atoms with Crippen LogP contribution in [0.4, 0.5) is 0 Å². The predicted molar refractivity (Wildman–Crippen MR) is 107 cm³/mol. The van der Waals surface area contributed by atoms with Gasteiger partial charge in [0.05, 0.1) is 12.3 Å². The first-order valence-electron chi connectivity index (χ1n) is 9.20. The zero-order valence-corrected chi connectivity index (χ0v) is 17.4. The molecule has 1 aromatic carbocycles. The van der Waals surface area contributed by atoms with Crippen LogP contribution in [-0.2, 0) is 24.3 Å². The van der Waals surface area contributed by atoms with Gasteiger partial charge in [-0.3, -0.25) is 4.79 Å². The summed E-state index contributed by atoms with van der Waals surface area (Å²) in [4.78, 5) is 18.3. The SMILES string of the molecule is CCc1noc(CN(C)C(=O)CSc2nnc(-c3cccc(C)c3)n2CC)n1. The number of amides is 1. The molecule has 2 aromatic heterocycles. The minimum absolute atomic E-state index is 0.0380. The number of hydrogen-bond donors (Lipinski definition) is 0. The van der Waals surface area contributed by atoms with E-state index in [1.54, 1.807) is 11.9 Å². The van der Waals surface area contributed by atoms with Gasteiger partial charge in [-0.15, -0.1) is 10.2 Å². The van der Waals surface area contributed by atoms with Crippen molar-refractivity contribution in [2.24, 2.45) is 0 Å². The van der Waals surface area contributed by atoms with Crippen LogP contribution in [0.1, 0.15) is 31.1 Å². The van der Waals surface area contributed by atoms with Crippen LogP contribution in [0.15, 0.2) is 33.9 Å². The molecule has 28 heavy (non-hydrogen) atoms. The summed E-state index contributed by atoms with van der Waals surface area (Å²) in [7, 11) is 1.72. The van der Waals surface area contributed by atoms with Crippen LogP contribution < -0.4 is 0 Å². The van der Waals surface area contributed by atoms with Gasteiger partial charge in [0.1, 0.15) is 0 Å². The van der Waals surface area contributed by atoms with Crippen molar-refractivity contribution >= 4 is 17.7 Å². The van der Waals surface area contributed by atoms with Crippen LogP contribution in [0.3, 0.4) is 0 Å². The van der Waals surface area contributed by atoms with E-state index < -0.39 is 0 Å². The number of carbonyl (C=O) groups is 1. The van der Waals surface area contributed by atoms with Crippen LogP contribution in [0.25, 0.3) is 11.4 Å². The molecule has 0 aliphatic heterocycles. The van der Waals surface area contributed by atoms with Crippen molar-refractivity contribution in [2.75, 3.05) is 12.8 Å². The highest BCUT2D eigenvalue weighted by Gasteiger charge is 2.17. The fraction of sp³-hybridized carbons (Fsp3) is 0.421. The summed E-state index contributed by atoms with van der Waals surface area (Å²) in [6.45, 7) is 7.07. The second-order valence-corrected chi connectivity index (χ2v) is 7.36. The standard InChI is InChI=1S/C19H24N6O2S/c1-5-15-20-16(27-23-15)11-24(4)17(26)12-28-19-22-21-18(25(19)6-2)14-9-7-8-13(3)10-14/h7-10H,5-6,11-12H2,1-4H3. The molecule has 2 heterocycles. The molecule has 3 aromatic rings. The Bertz CT molecular complexity index is 952. The van der Waals surface area contributed by atoms with Crippen molar-refractivity contribution in [3.63, 3.8) is 0 Å². The van der Waals surface area contributed by atoms with E-state index in [9.17, 15) is 4.79 Å². The molecule has 0 unspecified atom stereocenters. The van der Waals surface area contributed by atoms with Crippen LogP contribution >= 0.6 is 11.8 Å². The molecule has 0 atom stereocenters. The van der Waals surface area contributed by atoms with E-state index in [0.29, 0.717) is 24.7 Å². The van der Waals surface area contributed by atoms with E-state index in [1.165, 1.54) is 17.3 Å². The Morgan fingerprint density at radius 2 is 2.11 bits per heavy atom. The third-order valence-electron chi connectivity index (χ3n) is 4.26. The van der Waals surface area contributed by atoms with Crippen molar-refractivity contribution in [1.82, 2.24) is 29.8 Å². The molecule has 148 valence electrons. The molecule has 0 aliphatic carbocycles. The Morgan fingerprint density at radius 1 is 1.29 bits per heavy atom. The number of carbonyl (C=O) groups excluding carboxylic acids is 1. The Kier molecular flexibility index (Phi) is 6.45. The number of benzene rings is 1. The molecular formula is C19H24N6O2S. The first-order chi connectivity index (χ1) is 13.5. The number of nitrogens with zero attached hydrogens (tertiary/aromatic N) is 6. The number of rotatable bonds is 8. The summed E-state index contributed by atoms with van der Waals surface area (Å²) in [5.41, 5.74) is 2.19. The van der Waals surface area contributed by atoms with Gasteiger partial charge in [-0.05, 0) is 19.9 Å². The lowest BCUT2D eigenvalue weighted by Crippen LogP contribution is -2.28. The lowest BCUT2D eigenvalue weighted by Gasteiger charge is -2.14. The van der Waals surface area contributed by atoms with E-state index in [4.69, 9.17) is 4.52 Å². The fourth-order valence-electron chi connectivity index (χ4n) is 2.70. The number of aromatic nitrogens is 5. The molecule has 0 N–H and O–H groups in total. The van der Waals surface area contributed by atoms with Crippen molar-refractivity contribution in [3.8, 4) is 11.4 Å². The Morgan fingerprint density at radius 3 is 2.79 bits per heavy atom. The van der Waals surface area contributed by atoms with E-state index in [1.807, 2.05) is 43.5 Å². The quantitative estimate of drug-likeness (QED) is 0.537. The zero-order valence-electron chi connectivity index (χ0n) is 16.5. The third-order valence-corrected chi connectivity index (χ3v) is 5.21. The molecule has 0 bridgehead atoms. The molecule has 3 rings (SSSR count). The van der Waals surface area contributed by atoms with Gasteiger partial charge >= 0.3 is 0 Å². The maximum Gasteiger partial charge on any atom is 0.246 e. The van der Waals surface area contributed by atoms with Crippen LogP contribution in [0.2, 0.25) is 0 Å².